The van der Waals surface area contributed by atoms with Crippen molar-refractivity contribution in [3.05, 3.63) is 11.4 Å². The third kappa shape index (κ3) is 2.14. The summed E-state index contributed by atoms with van der Waals surface area (Å²) < 4.78 is 0. The molecule has 2 rings (SSSR count). The van der Waals surface area contributed by atoms with Gasteiger partial charge in [-0.15, -0.1) is 0 Å². The number of aromatic amines is 1. The summed E-state index contributed by atoms with van der Waals surface area (Å²) in [7, 11) is 0. The fraction of sp³-hybridized carbons (Fsp3) is 0.667. The summed E-state index contributed by atoms with van der Waals surface area (Å²) in [5, 5.41) is 6.87. The van der Waals surface area contributed by atoms with Crippen molar-refractivity contribution in [1.82, 2.24) is 15.1 Å². The van der Waals surface area contributed by atoms with Crippen LogP contribution in [0.2, 0.25) is 0 Å². The maximum absolute atomic E-state index is 12.2. The molecule has 1 unspecified atom stereocenters. The van der Waals surface area contributed by atoms with Crippen molar-refractivity contribution in [2.24, 2.45) is 5.92 Å². The number of nitrogens with one attached hydrogen (secondary N) is 1. The predicted molar refractivity (Wildman–Crippen MR) is 66.7 cm³/mol. The lowest BCUT2D eigenvalue weighted by Gasteiger charge is -2.15. The van der Waals surface area contributed by atoms with Gasteiger partial charge in [0.15, 0.2) is 5.69 Å². The summed E-state index contributed by atoms with van der Waals surface area (Å²) in [5.74, 6) is 0.596. The van der Waals surface area contributed by atoms with Gasteiger partial charge < -0.3 is 10.6 Å². The molecule has 0 spiro atoms. The lowest BCUT2D eigenvalue weighted by molar-refractivity contribution is 0.0782. The van der Waals surface area contributed by atoms with Crippen LogP contribution in [0.4, 0.5) is 5.69 Å². The molecule has 1 saturated heterocycles. The fourth-order valence-electron chi connectivity index (χ4n) is 2.32. The molecule has 1 aliphatic rings. The van der Waals surface area contributed by atoms with Crippen molar-refractivity contribution in [3.8, 4) is 0 Å². The third-order valence-electron chi connectivity index (χ3n) is 3.59. The van der Waals surface area contributed by atoms with Crippen molar-refractivity contribution in [2.75, 3.05) is 18.8 Å². The van der Waals surface area contributed by atoms with E-state index in [-0.39, 0.29) is 5.91 Å². The number of nitrogens with two attached hydrogens (primary N) is 1. The molecular weight excluding hydrogens is 216 g/mol. The standard InChI is InChI=1S/C12H20N4O/c1-3-8-5-6-16(7-8)12(17)11-10(13)9(4-2)14-15-11/h8H,3-7,13H2,1-2H3,(H,14,15). The predicted octanol–water partition coefficient (Wildman–Crippen LogP) is 1.43. The Morgan fingerprint density at radius 1 is 1.59 bits per heavy atom. The fourth-order valence-corrected chi connectivity index (χ4v) is 2.32. The number of aryl methyl sites for hydroxylation is 1. The van der Waals surface area contributed by atoms with Gasteiger partial charge in [0.05, 0.1) is 11.4 Å². The van der Waals surface area contributed by atoms with Gasteiger partial charge in [-0.25, -0.2) is 0 Å². The number of carbonyl (C=O) groups excluding carboxylic acids is 1. The van der Waals surface area contributed by atoms with Crippen LogP contribution in [0.15, 0.2) is 0 Å². The van der Waals surface area contributed by atoms with E-state index in [0.29, 0.717) is 17.3 Å². The highest BCUT2D eigenvalue weighted by molar-refractivity contribution is 5.97. The lowest BCUT2D eigenvalue weighted by Crippen LogP contribution is -2.29. The van der Waals surface area contributed by atoms with E-state index in [1.807, 2.05) is 11.8 Å². The first-order valence-corrected chi connectivity index (χ1v) is 6.29. The maximum Gasteiger partial charge on any atom is 0.276 e. The molecule has 5 heteroatoms. The molecule has 1 amide bonds. The van der Waals surface area contributed by atoms with Gasteiger partial charge in [-0.1, -0.05) is 20.3 Å². The Labute approximate surface area is 101 Å². The molecule has 17 heavy (non-hydrogen) atoms. The number of H-pyrrole nitrogens is 1. The Balaban J connectivity index is 2.12. The zero-order valence-electron chi connectivity index (χ0n) is 10.5. The van der Waals surface area contributed by atoms with Crippen LogP contribution in [-0.2, 0) is 6.42 Å². The highest BCUT2D eigenvalue weighted by Gasteiger charge is 2.28. The second-order valence-electron chi connectivity index (χ2n) is 4.63. The molecule has 2 heterocycles. The normalized spacial score (nSPS) is 19.9. The SMILES string of the molecule is CCc1[nH]nc(C(=O)N2CCC(CC)C2)c1N. The molecule has 1 aromatic heterocycles. The summed E-state index contributed by atoms with van der Waals surface area (Å²) in [6.45, 7) is 5.81. The molecule has 0 radical (unpaired) electrons. The molecule has 1 aromatic rings. The summed E-state index contributed by atoms with van der Waals surface area (Å²) in [4.78, 5) is 14.1. The number of carbonyl (C=O) groups is 1. The molecule has 0 aliphatic carbocycles. The number of hydrogen-bond acceptors (Lipinski definition) is 3. The van der Waals surface area contributed by atoms with Gasteiger partial charge in [-0.05, 0) is 18.8 Å². The van der Waals surface area contributed by atoms with Crippen LogP contribution in [0.25, 0.3) is 0 Å². The van der Waals surface area contributed by atoms with E-state index in [2.05, 4.69) is 17.1 Å². The van der Waals surface area contributed by atoms with Gasteiger partial charge in [0.1, 0.15) is 0 Å². The van der Waals surface area contributed by atoms with Crippen LogP contribution in [0.5, 0.6) is 0 Å². The summed E-state index contributed by atoms with van der Waals surface area (Å²) in [5.41, 5.74) is 7.65. The van der Waals surface area contributed by atoms with E-state index < -0.39 is 0 Å². The number of hydrogen-bond donors (Lipinski definition) is 2. The Kier molecular flexibility index (Phi) is 3.36. The van der Waals surface area contributed by atoms with E-state index in [4.69, 9.17) is 5.73 Å². The first-order valence-electron chi connectivity index (χ1n) is 6.29. The van der Waals surface area contributed by atoms with E-state index in [1.54, 1.807) is 0 Å². The number of anilines is 1. The van der Waals surface area contributed by atoms with Gasteiger partial charge >= 0.3 is 0 Å². The van der Waals surface area contributed by atoms with Crippen molar-refractivity contribution in [2.45, 2.75) is 33.1 Å². The van der Waals surface area contributed by atoms with Gasteiger partial charge in [-0.3, -0.25) is 9.89 Å². The number of likely N-dealkylation sites (tertiary alicyclic amines) is 1. The zero-order chi connectivity index (χ0) is 12.4. The summed E-state index contributed by atoms with van der Waals surface area (Å²) in [6, 6.07) is 0. The Bertz CT molecular complexity index is 413. The smallest absolute Gasteiger partial charge is 0.276 e. The summed E-state index contributed by atoms with van der Waals surface area (Å²) >= 11 is 0. The quantitative estimate of drug-likeness (QED) is 0.833. The second kappa shape index (κ2) is 4.77. The van der Waals surface area contributed by atoms with Crippen molar-refractivity contribution in [3.63, 3.8) is 0 Å². The van der Waals surface area contributed by atoms with Crippen LogP contribution in [0.3, 0.4) is 0 Å². The Morgan fingerprint density at radius 3 is 2.88 bits per heavy atom. The average molecular weight is 236 g/mol. The molecule has 0 aromatic carbocycles. The van der Waals surface area contributed by atoms with Gasteiger partial charge in [-0.2, -0.15) is 5.10 Å². The molecule has 5 nitrogen and oxygen atoms in total. The Hall–Kier alpha value is -1.52. The number of nitrogens with zero attached hydrogens (tertiary/aromatic N) is 2. The monoisotopic (exact) mass is 236 g/mol. The number of amides is 1. The molecular formula is C12H20N4O. The van der Waals surface area contributed by atoms with Crippen molar-refractivity contribution >= 4 is 11.6 Å². The average Bonchev–Trinajstić information content (AvgIpc) is 2.94. The third-order valence-corrected chi connectivity index (χ3v) is 3.59. The number of aromatic nitrogens is 2. The summed E-state index contributed by atoms with van der Waals surface area (Å²) in [6.07, 6.45) is 2.98. The minimum Gasteiger partial charge on any atom is -0.395 e. The van der Waals surface area contributed by atoms with Crippen LogP contribution in [0.1, 0.15) is 42.9 Å². The van der Waals surface area contributed by atoms with E-state index in [0.717, 1.165) is 38.0 Å². The first kappa shape index (κ1) is 12.0. The molecule has 1 fully saturated rings. The van der Waals surface area contributed by atoms with Gasteiger partial charge in [0, 0.05) is 13.1 Å². The highest BCUT2D eigenvalue weighted by atomic mass is 16.2. The van der Waals surface area contributed by atoms with Crippen LogP contribution < -0.4 is 5.73 Å². The van der Waals surface area contributed by atoms with Crippen LogP contribution >= 0.6 is 0 Å². The molecule has 1 atom stereocenters. The largest absolute Gasteiger partial charge is 0.395 e. The minimum atomic E-state index is -0.0330. The molecule has 0 saturated carbocycles. The molecule has 1 aliphatic heterocycles. The van der Waals surface area contributed by atoms with Crippen LogP contribution in [-0.4, -0.2) is 34.1 Å². The van der Waals surface area contributed by atoms with Crippen LogP contribution in [0, 0.1) is 5.92 Å². The molecule has 0 bridgehead atoms. The lowest BCUT2D eigenvalue weighted by atomic mass is 10.1. The first-order chi connectivity index (χ1) is 8.17. The number of nitrogen functional groups attached to an aromatic ring is 1. The van der Waals surface area contributed by atoms with Gasteiger partial charge in [0.2, 0.25) is 0 Å². The van der Waals surface area contributed by atoms with Crippen molar-refractivity contribution < 1.29 is 4.79 Å². The highest BCUT2D eigenvalue weighted by Crippen LogP contribution is 2.23. The van der Waals surface area contributed by atoms with E-state index in [9.17, 15) is 4.79 Å². The number of rotatable bonds is 3. The van der Waals surface area contributed by atoms with Gasteiger partial charge in [0.25, 0.3) is 5.91 Å². The minimum absolute atomic E-state index is 0.0330. The maximum atomic E-state index is 12.2. The zero-order valence-corrected chi connectivity index (χ0v) is 10.5. The molecule has 3 N–H and O–H groups in total. The second-order valence-corrected chi connectivity index (χ2v) is 4.63. The van der Waals surface area contributed by atoms with Crippen molar-refractivity contribution in [1.29, 1.82) is 0 Å². The van der Waals surface area contributed by atoms with E-state index >= 15 is 0 Å². The molecule has 94 valence electrons. The Morgan fingerprint density at radius 2 is 2.35 bits per heavy atom. The topological polar surface area (TPSA) is 75.0 Å². The van der Waals surface area contributed by atoms with E-state index in [1.165, 1.54) is 0 Å².